The second-order valence-electron chi connectivity index (χ2n) is 7.38. The maximum absolute atomic E-state index is 12.6. The Kier molecular flexibility index (Phi) is 3.73. The number of carbonyl (C=O) groups excluding carboxylic acids is 2. The van der Waals surface area contributed by atoms with Crippen molar-refractivity contribution in [2.45, 2.75) is 31.4 Å². The van der Waals surface area contributed by atoms with Gasteiger partial charge in [-0.1, -0.05) is 6.07 Å². The van der Waals surface area contributed by atoms with E-state index < -0.39 is 6.04 Å². The molecular weight excluding hydrogens is 356 g/mol. The molecule has 3 aromatic rings. The van der Waals surface area contributed by atoms with E-state index in [4.69, 9.17) is 10.5 Å². The van der Waals surface area contributed by atoms with Gasteiger partial charge >= 0.3 is 5.97 Å². The molecule has 0 bridgehead atoms. The molecule has 7 heteroatoms. The molecule has 28 heavy (non-hydrogen) atoms. The number of nitrogens with zero attached hydrogens (tertiary/aromatic N) is 3. The molecule has 1 atom stereocenters. The summed E-state index contributed by atoms with van der Waals surface area (Å²) in [6.07, 6.45) is 5.87. The van der Waals surface area contributed by atoms with Gasteiger partial charge in [0.25, 0.3) is 0 Å². The van der Waals surface area contributed by atoms with Gasteiger partial charge in [0.05, 0.1) is 17.2 Å². The summed E-state index contributed by atoms with van der Waals surface area (Å²) in [5.41, 5.74) is 9.19. The molecule has 2 aromatic heterocycles. The first kappa shape index (κ1) is 16.9. The number of rotatable bonds is 3. The van der Waals surface area contributed by atoms with Crippen LogP contribution in [0.1, 0.15) is 28.8 Å². The highest BCUT2D eigenvalue weighted by Crippen LogP contribution is 2.36. The lowest BCUT2D eigenvalue weighted by Gasteiger charge is -2.19. The van der Waals surface area contributed by atoms with Crippen LogP contribution in [-0.4, -0.2) is 40.6 Å². The van der Waals surface area contributed by atoms with Crippen LogP contribution in [0.5, 0.6) is 0 Å². The minimum absolute atomic E-state index is 0.0207. The van der Waals surface area contributed by atoms with Crippen LogP contribution in [0.2, 0.25) is 0 Å². The third-order valence-corrected chi connectivity index (χ3v) is 5.37. The lowest BCUT2D eigenvalue weighted by Crippen LogP contribution is -2.42. The summed E-state index contributed by atoms with van der Waals surface area (Å²) in [5, 5.41) is 0.957. The molecule has 0 saturated heterocycles. The number of pyridine rings is 1. The van der Waals surface area contributed by atoms with Gasteiger partial charge in [-0.3, -0.25) is 4.79 Å². The van der Waals surface area contributed by atoms with Crippen molar-refractivity contribution >= 4 is 28.5 Å². The van der Waals surface area contributed by atoms with Crippen LogP contribution < -0.4 is 10.6 Å². The predicted octanol–water partition coefficient (Wildman–Crippen LogP) is 2.19. The number of amides is 1. The van der Waals surface area contributed by atoms with E-state index in [0.29, 0.717) is 17.8 Å². The van der Waals surface area contributed by atoms with E-state index in [1.807, 2.05) is 29.0 Å². The third-order valence-electron chi connectivity index (χ3n) is 5.37. The molecule has 1 fully saturated rings. The summed E-state index contributed by atoms with van der Waals surface area (Å²) >= 11 is 0. The highest BCUT2D eigenvalue weighted by atomic mass is 16.5. The van der Waals surface area contributed by atoms with E-state index in [9.17, 15) is 9.59 Å². The Hall–Kier alpha value is -3.19. The molecule has 142 valence electrons. The largest absolute Gasteiger partial charge is 0.459 e. The molecule has 0 radical (unpaired) electrons. The van der Waals surface area contributed by atoms with Crippen LogP contribution in [0.15, 0.2) is 42.7 Å². The second kappa shape index (κ2) is 6.17. The maximum atomic E-state index is 12.6. The number of ether oxygens (including phenoxy) is 1. The fourth-order valence-electron chi connectivity index (χ4n) is 3.80. The summed E-state index contributed by atoms with van der Waals surface area (Å²) in [5.74, 6) is 0.0488. The van der Waals surface area contributed by atoms with Crippen LogP contribution in [-0.2, 0) is 16.0 Å². The van der Waals surface area contributed by atoms with E-state index in [-0.39, 0.29) is 18.0 Å². The van der Waals surface area contributed by atoms with Gasteiger partial charge in [0, 0.05) is 24.8 Å². The van der Waals surface area contributed by atoms with Crippen molar-refractivity contribution in [3.63, 3.8) is 0 Å². The second-order valence-corrected chi connectivity index (χ2v) is 7.38. The minimum atomic E-state index is -0.612. The Balaban J connectivity index is 1.70. The number of benzene rings is 1. The normalized spacial score (nSPS) is 19.0. The fraction of sp³-hybridized carbons (Fsp3) is 0.286. The Morgan fingerprint density at radius 2 is 2.07 bits per heavy atom. The van der Waals surface area contributed by atoms with Gasteiger partial charge in [-0.2, -0.15) is 0 Å². The number of anilines is 1. The van der Waals surface area contributed by atoms with Gasteiger partial charge in [0.2, 0.25) is 5.91 Å². The lowest BCUT2D eigenvalue weighted by atomic mass is 10.1. The lowest BCUT2D eigenvalue weighted by molar-refractivity contribution is -0.119. The summed E-state index contributed by atoms with van der Waals surface area (Å²) in [4.78, 5) is 31.2. The summed E-state index contributed by atoms with van der Waals surface area (Å²) in [7, 11) is 1.74. The van der Waals surface area contributed by atoms with Crippen LogP contribution in [0.25, 0.3) is 16.7 Å². The third kappa shape index (κ3) is 2.58. The van der Waals surface area contributed by atoms with Crippen molar-refractivity contribution in [3.8, 4) is 5.82 Å². The molecule has 1 aliphatic heterocycles. The molecule has 3 heterocycles. The average molecular weight is 376 g/mol. The topological polar surface area (TPSA) is 90.5 Å². The molecule has 2 N–H and O–H groups in total. The number of esters is 1. The molecule has 7 nitrogen and oxygen atoms in total. The van der Waals surface area contributed by atoms with Crippen molar-refractivity contribution in [3.05, 3.63) is 53.9 Å². The van der Waals surface area contributed by atoms with Gasteiger partial charge in [-0.05, 0) is 49.1 Å². The average Bonchev–Trinajstić information content (AvgIpc) is 3.46. The summed E-state index contributed by atoms with van der Waals surface area (Å²) < 4.78 is 7.39. The van der Waals surface area contributed by atoms with Crippen LogP contribution >= 0.6 is 0 Å². The first-order valence-electron chi connectivity index (χ1n) is 9.37. The molecule has 2 aliphatic rings. The Morgan fingerprint density at radius 1 is 1.25 bits per heavy atom. The summed E-state index contributed by atoms with van der Waals surface area (Å²) in [6.45, 7) is 0. The molecule has 1 unspecified atom stereocenters. The number of aromatic nitrogens is 2. The van der Waals surface area contributed by atoms with E-state index in [0.717, 1.165) is 35.0 Å². The fourth-order valence-corrected chi connectivity index (χ4v) is 3.80. The number of hydrogen-bond donors (Lipinski definition) is 1. The van der Waals surface area contributed by atoms with Crippen molar-refractivity contribution in [2.24, 2.45) is 5.73 Å². The smallest absolute Gasteiger partial charge is 0.342 e. The maximum Gasteiger partial charge on any atom is 0.342 e. The zero-order chi connectivity index (χ0) is 19.4. The Labute approximate surface area is 161 Å². The molecule has 1 saturated carbocycles. The Bertz CT molecular complexity index is 1120. The number of likely N-dealkylation sites (N-methyl/N-ethyl adjacent to an activating group) is 1. The number of nitrogens with two attached hydrogens (primary N) is 1. The Morgan fingerprint density at radius 3 is 2.86 bits per heavy atom. The first-order valence-corrected chi connectivity index (χ1v) is 9.37. The predicted molar refractivity (Wildman–Crippen MR) is 105 cm³/mol. The molecule has 5 rings (SSSR count). The minimum Gasteiger partial charge on any atom is -0.459 e. The zero-order valence-corrected chi connectivity index (χ0v) is 15.5. The molecule has 1 amide bonds. The quantitative estimate of drug-likeness (QED) is 0.708. The van der Waals surface area contributed by atoms with Gasteiger partial charge in [-0.15, -0.1) is 0 Å². The molecular formula is C21H20N4O3. The van der Waals surface area contributed by atoms with Crippen molar-refractivity contribution in [2.75, 3.05) is 11.9 Å². The summed E-state index contributed by atoms with van der Waals surface area (Å²) in [6, 6.07) is 8.62. The highest BCUT2D eigenvalue weighted by Gasteiger charge is 2.31. The van der Waals surface area contributed by atoms with Gasteiger partial charge in [0.1, 0.15) is 11.7 Å². The zero-order valence-electron chi connectivity index (χ0n) is 15.5. The van der Waals surface area contributed by atoms with Crippen molar-refractivity contribution in [1.29, 1.82) is 0 Å². The molecule has 1 aliphatic carbocycles. The first-order chi connectivity index (χ1) is 13.5. The highest BCUT2D eigenvalue weighted by molar-refractivity contribution is 6.08. The van der Waals surface area contributed by atoms with Crippen LogP contribution in [0, 0.1) is 0 Å². The SMILES string of the molecule is CN1C(=O)C(N)Cc2cn(-c3ncccc3C(=O)OC3CC3)c3cccc1c23. The van der Waals surface area contributed by atoms with Crippen molar-refractivity contribution < 1.29 is 14.3 Å². The van der Waals surface area contributed by atoms with Crippen LogP contribution in [0.3, 0.4) is 0 Å². The van der Waals surface area contributed by atoms with E-state index in [1.165, 1.54) is 0 Å². The molecule has 1 aromatic carbocycles. The van der Waals surface area contributed by atoms with E-state index in [1.54, 1.807) is 30.3 Å². The van der Waals surface area contributed by atoms with E-state index in [2.05, 4.69) is 4.98 Å². The van der Waals surface area contributed by atoms with Gasteiger partial charge in [0.15, 0.2) is 5.82 Å². The standard InChI is InChI=1S/C21H20N4O3/c1-24-16-5-2-6-17-18(16)12(10-15(22)20(24)26)11-25(17)19-14(4-3-9-23-19)21(27)28-13-7-8-13/h2-6,9,11,13,15H,7-8,10,22H2,1H3. The van der Waals surface area contributed by atoms with E-state index >= 15 is 0 Å². The molecule has 0 spiro atoms. The monoisotopic (exact) mass is 376 g/mol. The number of carbonyl (C=O) groups is 2. The van der Waals surface area contributed by atoms with Gasteiger partial charge < -0.3 is 19.9 Å². The number of hydrogen-bond acceptors (Lipinski definition) is 5. The van der Waals surface area contributed by atoms with Crippen LogP contribution in [0.4, 0.5) is 5.69 Å². The van der Waals surface area contributed by atoms with Gasteiger partial charge in [-0.25, -0.2) is 9.78 Å². The van der Waals surface area contributed by atoms with Crippen molar-refractivity contribution in [1.82, 2.24) is 9.55 Å².